The van der Waals surface area contributed by atoms with Gasteiger partial charge in [0.15, 0.2) is 0 Å². The molecule has 2 amide bonds. The highest BCUT2D eigenvalue weighted by atomic mass is 35.5. The van der Waals surface area contributed by atoms with Crippen molar-refractivity contribution in [2.24, 2.45) is 23.0 Å². The molecular weight excluding hydrogens is 302 g/mol. The topological polar surface area (TPSA) is 75.4 Å². The van der Waals surface area contributed by atoms with Gasteiger partial charge in [0.25, 0.3) is 0 Å². The number of amides is 2. The molecule has 6 heteroatoms. The molecule has 1 fully saturated rings. The van der Waals surface area contributed by atoms with Crippen LogP contribution in [0.15, 0.2) is 0 Å². The summed E-state index contributed by atoms with van der Waals surface area (Å²) in [7, 11) is 0. The van der Waals surface area contributed by atoms with Crippen LogP contribution in [0.25, 0.3) is 0 Å². The van der Waals surface area contributed by atoms with Crippen LogP contribution in [-0.4, -0.2) is 42.4 Å². The van der Waals surface area contributed by atoms with Gasteiger partial charge in [-0.25, -0.2) is 0 Å². The second-order valence-electron chi connectivity index (χ2n) is 7.41. The monoisotopic (exact) mass is 333 g/mol. The summed E-state index contributed by atoms with van der Waals surface area (Å²) in [6, 6.07) is -0.434. The van der Waals surface area contributed by atoms with Crippen molar-refractivity contribution in [1.82, 2.24) is 10.2 Å². The number of carbonyl (C=O) groups is 2. The average Bonchev–Trinajstić information content (AvgIpc) is 2.77. The molecule has 2 unspecified atom stereocenters. The third-order valence-corrected chi connectivity index (χ3v) is 4.21. The fraction of sp³-hybridized carbons (Fsp3) is 0.875. The summed E-state index contributed by atoms with van der Waals surface area (Å²) in [5, 5.41) is 2.91. The minimum absolute atomic E-state index is 0. The molecule has 0 spiro atoms. The smallest absolute Gasteiger partial charge is 0.245 e. The zero-order chi connectivity index (χ0) is 16.2. The lowest BCUT2D eigenvalue weighted by Gasteiger charge is -2.28. The van der Waals surface area contributed by atoms with Gasteiger partial charge in [0.05, 0.1) is 0 Å². The lowest BCUT2D eigenvalue weighted by Crippen LogP contribution is -2.51. The van der Waals surface area contributed by atoms with Gasteiger partial charge in [-0.3, -0.25) is 9.59 Å². The summed E-state index contributed by atoms with van der Waals surface area (Å²) < 4.78 is 0. The van der Waals surface area contributed by atoms with Crippen molar-refractivity contribution in [3.63, 3.8) is 0 Å². The third kappa shape index (κ3) is 5.76. The van der Waals surface area contributed by atoms with Gasteiger partial charge < -0.3 is 16.0 Å². The zero-order valence-electron chi connectivity index (χ0n) is 14.5. The van der Waals surface area contributed by atoms with Crippen LogP contribution in [0.3, 0.4) is 0 Å². The van der Waals surface area contributed by atoms with Gasteiger partial charge in [-0.1, -0.05) is 34.6 Å². The molecule has 3 N–H and O–H groups in total. The Morgan fingerprint density at radius 1 is 1.27 bits per heavy atom. The molecule has 1 aliphatic heterocycles. The van der Waals surface area contributed by atoms with Gasteiger partial charge in [0.2, 0.25) is 11.8 Å². The molecule has 1 saturated heterocycles. The molecule has 0 aromatic carbocycles. The fourth-order valence-corrected chi connectivity index (χ4v) is 2.69. The molecule has 0 radical (unpaired) electrons. The number of rotatable bonds is 6. The van der Waals surface area contributed by atoms with E-state index in [1.165, 1.54) is 0 Å². The molecule has 5 nitrogen and oxygen atoms in total. The van der Waals surface area contributed by atoms with E-state index in [4.69, 9.17) is 5.73 Å². The van der Waals surface area contributed by atoms with Crippen molar-refractivity contribution in [2.75, 3.05) is 19.6 Å². The van der Waals surface area contributed by atoms with Crippen LogP contribution < -0.4 is 11.1 Å². The Morgan fingerprint density at radius 3 is 2.27 bits per heavy atom. The largest absolute Gasteiger partial charge is 0.344 e. The zero-order valence-corrected chi connectivity index (χ0v) is 15.3. The van der Waals surface area contributed by atoms with E-state index in [-0.39, 0.29) is 35.6 Å². The van der Waals surface area contributed by atoms with E-state index in [0.29, 0.717) is 25.4 Å². The highest BCUT2D eigenvalue weighted by Gasteiger charge is 2.38. The van der Waals surface area contributed by atoms with E-state index in [0.717, 1.165) is 13.0 Å². The molecular formula is C16H32ClN3O2. The number of nitrogens with two attached hydrogens (primary N) is 1. The molecule has 1 heterocycles. The van der Waals surface area contributed by atoms with Crippen molar-refractivity contribution >= 4 is 24.2 Å². The molecule has 0 aromatic heterocycles. The van der Waals surface area contributed by atoms with Crippen molar-refractivity contribution in [3.8, 4) is 0 Å². The van der Waals surface area contributed by atoms with Crippen LogP contribution in [0.5, 0.6) is 0 Å². The second-order valence-corrected chi connectivity index (χ2v) is 7.41. The predicted molar refractivity (Wildman–Crippen MR) is 91.8 cm³/mol. The van der Waals surface area contributed by atoms with Crippen LogP contribution in [0.4, 0.5) is 0 Å². The van der Waals surface area contributed by atoms with Crippen LogP contribution in [0.1, 0.15) is 47.5 Å². The molecule has 1 aliphatic rings. The Morgan fingerprint density at radius 2 is 1.86 bits per heavy atom. The quantitative estimate of drug-likeness (QED) is 0.778. The number of carbonyl (C=O) groups excluding carboxylic acids is 2. The molecule has 0 aromatic rings. The second kappa shape index (κ2) is 8.73. The fourth-order valence-electron chi connectivity index (χ4n) is 2.69. The van der Waals surface area contributed by atoms with E-state index in [2.05, 4.69) is 12.2 Å². The van der Waals surface area contributed by atoms with E-state index in [9.17, 15) is 9.59 Å². The molecule has 2 atom stereocenters. The number of nitrogens with one attached hydrogen (secondary N) is 1. The van der Waals surface area contributed by atoms with Crippen molar-refractivity contribution in [1.29, 1.82) is 0 Å². The summed E-state index contributed by atoms with van der Waals surface area (Å²) in [6.45, 7) is 12.1. The van der Waals surface area contributed by atoms with Gasteiger partial charge in [-0.05, 0) is 30.2 Å². The van der Waals surface area contributed by atoms with Crippen molar-refractivity contribution in [3.05, 3.63) is 0 Å². The van der Waals surface area contributed by atoms with Gasteiger partial charge in [-0.2, -0.15) is 0 Å². The number of hydrogen-bond acceptors (Lipinski definition) is 3. The SMILES string of the molecule is CC(C)CC(=O)NC(C(=O)N1CCC(C)(CN)C1)C(C)C.Cl. The number of likely N-dealkylation sites (tertiary alicyclic amines) is 1. The van der Waals surface area contributed by atoms with Crippen LogP contribution >= 0.6 is 12.4 Å². The molecule has 0 bridgehead atoms. The summed E-state index contributed by atoms with van der Waals surface area (Å²) in [4.78, 5) is 26.5. The Balaban J connectivity index is 0.00000441. The lowest BCUT2D eigenvalue weighted by molar-refractivity contribution is -0.137. The molecule has 22 heavy (non-hydrogen) atoms. The Kier molecular flexibility index (Phi) is 8.40. The number of hydrogen-bond donors (Lipinski definition) is 2. The Hall–Kier alpha value is -0.810. The average molecular weight is 334 g/mol. The maximum atomic E-state index is 12.7. The van der Waals surface area contributed by atoms with E-state index in [1.54, 1.807) is 0 Å². The maximum Gasteiger partial charge on any atom is 0.245 e. The normalized spacial score (nSPS) is 22.6. The Labute approximate surface area is 140 Å². The van der Waals surface area contributed by atoms with Crippen molar-refractivity contribution < 1.29 is 9.59 Å². The van der Waals surface area contributed by atoms with Crippen LogP contribution in [-0.2, 0) is 9.59 Å². The van der Waals surface area contributed by atoms with Gasteiger partial charge in [0.1, 0.15) is 6.04 Å². The molecule has 0 saturated carbocycles. The highest BCUT2D eigenvalue weighted by Crippen LogP contribution is 2.29. The van der Waals surface area contributed by atoms with E-state index in [1.807, 2.05) is 32.6 Å². The summed E-state index contributed by atoms with van der Waals surface area (Å²) >= 11 is 0. The maximum absolute atomic E-state index is 12.7. The minimum atomic E-state index is -0.434. The van der Waals surface area contributed by atoms with Crippen LogP contribution in [0.2, 0.25) is 0 Å². The first-order chi connectivity index (χ1) is 9.68. The lowest BCUT2D eigenvalue weighted by atomic mass is 9.90. The van der Waals surface area contributed by atoms with E-state index >= 15 is 0 Å². The highest BCUT2D eigenvalue weighted by molar-refractivity contribution is 5.88. The third-order valence-electron chi connectivity index (χ3n) is 4.21. The summed E-state index contributed by atoms with van der Waals surface area (Å²) in [5.74, 6) is 0.357. The van der Waals surface area contributed by atoms with Gasteiger partial charge in [-0.15, -0.1) is 12.4 Å². The molecule has 0 aliphatic carbocycles. The first kappa shape index (κ1) is 21.2. The van der Waals surface area contributed by atoms with Gasteiger partial charge in [0, 0.05) is 19.5 Å². The van der Waals surface area contributed by atoms with Crippen LogP contribution in [0, 0.1) is 17.3 Å². The number of nitrogens with zero attached hydrogens (tertiary/aromatic N) is 1. The summed E-state index contributed by atoms with van der Waals surface area (Å²) in [6.07, 6.45) is 1.39. The first-order valence-corrected chi connectivity index (χ1v) is 7.97. The predicted octanol–water partition coefficient (Wildman–Crippen LogP) is 1.79. The van der Waals surface area contributed by atoms with Crippen molar-refractivity contribution in [2.45, 2.75) is 53.5 Å². The molecule has 130 valence electrons. The standard InChI is InChI=1S/C16H31N3O2.ClH/c1-11(2)8-13(20)18-14(12(3)4)15(21)19-7-6-16(5,9-17)10-19;/h11-12,14H,6-10,17H2,1-5H3,(H,18,20);1H. The van der Waals surface area contributed by atoms with Gasteiger partial charge >= 0.3 is 0 Å². The van der Waals surface area contributed by atoms with E-state index < -0.39 is 6.04 Å². The summed E-state index contributed by atoms with van der Waals surface area (Å²) in [5.41, 5.74) is 5.81. The minimum Gasteiger partial charge on any atom is -0.344 e. The molecule has 1 rings (SSSR count). The Bertz CT molecular complexity index is 388. The number of halogens is 1. The first-order valence-electron chi connectivity index (χ1n) is 7.97.